The summed E-state index contributed by atoms with van der Waals surface area (Å²) in [7, 11) is -1.75. The molecule has 1 saturated heterocycles. The van der Waals surface area contributed by atoms with Gasteiger partial charge in [0.15, 0.2) is 8.32 Å². The molecule has 4 heteroatoms. The van der Waals surface area contributed by atoms with Crippen molar-refractivity contribution in [3.05, 3.63) is 12.7 Å². The van der Waals surface area contributed by atoms with Gasteiger partial charge in [-0.1, -0.05) is 47.6 Å². The fourth-order valence-corrected chi connectivity index (χ4v) is 9.94. The van der Waals surface area contributed by atoms with E-state index in [1.54, 1.807) is 0 Å². The lowest BCUT2D eigenvalue weighted by Gasteiger charge is -2.42. The Morgan fingerprint density at radius 2 is 1.74 bits per heavy atom. The van der Waals surface area contributed by atoms with E-state index in [0.717, 1.165) is 32.3 Å². The summed E-state index contributed by atoms with van der Waals surface area (Å²) in [5, 5.41) is 10.00. The molecule has 23 heavy (non-hydrogen) atoms. The van der Waals surface area contributed by atoms with Gasteiger partial charge in [0.2, 0.25) is 0 Å². The first-order chi connectivity index (χ1) is 10.8. The molecule has 1 aliphatic heterocycles. The fraction of sp³-hybridized carbons (Fsp3) is 0.895. The zero-order valence-electron chi connectivity index (χ0n) is 16.0. The highest BCUT2D eigenvalue weighted by Gasteiger charge is 2.44. The van der Waals surface area contributed by atoms with E-state index in [2.05, 4.69) is 48.1 Å². The van der Waals surface area contributed by atoms with Crippen LogP contribution in [0.5, 0.6) is 0 Å². The van der Waals surface area contributed by atoms with Gasteiger partial charge in [-0.15, -0.1) is 6.58 Å². The first-order valence-corrected chi connectivity index (χ1v) is 11.5. The van der Waals surface area contributed by atoms with Crippen LogP contribution in [0, 0.1) is 0 Å². The van der Waals surface area contributed by atoms with Crippen LogP contribution < -0.4 is 0 Å². The third-order valence-corrected chi connectivity index (χ3v) is 11.5. The molecule has 0 spiro atoms. The summed E-state index contributed by atoms with van der Waals surface area (Å²) in [5.41, 5.74) is 1.89. The average Bonchev–Trinajstić information content (AvgIpc) is 2.78. The minimum absolute atomic E-state index is 0.0612. The maximum absolute atomic E-state index is 10.00. The summed E-state index contributed by atoms with van der Waals surface area (Å²) in [4.78, 5) is 0. The highest BCUT2D eigenvalue weighted by Crippen LogP contribution is 2.42. The first-order valence-electron chi connectivity index (χ1n) is 9.34. The van der Waals surface area contributed by atoms with Crippen molar-refractivity contribution in [1.82, 2.24) is 0 Å². The molecule has 0 aliphatic carbocycles. The maximum Gasteiger partial charge on any atom is 0.200 e. The Hall–Kier alpha value is -0.163. The van der Waals surface area contributed by atoms with Crippen molar-refractivity contribution >= 4 is 8.32 Å². The van der Waals surface area contributed by atoms with Crippen LogP contribution >= 0.6 is 0 Å². The van der Waals surface area contributed by atoms with E-state index >= 15 is 0 Å². The largest absolute Gasteiger partial charge is 0.416 e. The van der Waals surface area contributed by atoms with Gasteiger partial charge in [-0.25, -0.2) is 0 Å². The quantitative estimate of drug-likeness (QED) is 0.343. The Bertz CT molecular complexity index is 333. The van der Waals surface area contributed by atoms with Crippen molar-refractivity contribution in [1.29, 1.82) is 0 Å². The SMILES string of the molecule is C=CC[C@@H]1O[C@@H](CCCO[Si](C(C)C)(C(C)C)C(C)C)C[C@H]1O. The molecular formula is C19H38O3Si. The third kappa shape index (κ3) is 5.15. The van der Waals surface area contributed by atoms with E-state index in [0.29, 0.717) is 16.6 Å². The molecule has 1 heterocycles. The van der Waals surface area contributed by atoms with E-state index < -0.39 is 8.32 Å². The van der Waals surface area contributed by atoms with E-state index in [-0.39, 0.29) is 18.3 Å². The number of ether oxygens (including phenoxy) is 1. The smallest absolute Gasteiger partial charge is 0.200 e. The van der Waals surface area contributed by atoms with Crippen LogP contribution in [0.1, 0.15) is 67.2 Å². The van der Waals surface area contributed by atoms with Crippen LogP contribution in [0.15, 0.2) is 12.7 Å². The number of hydrogen-bond donors (Lipinski definition) is 1. The van der Waals surface area contributed by atoms with Crippen molar-refractivity contribution in [2.75, 3.05) is 6.61 Å². The molecule has 0 aromatic rings. The maximum atomic E-state index is 10.00. The molecule has 0 amide bonds. The topological polar surface area (TPSA) is 38.7 Å². The van der Waals surface area contributed by atoms with Crippen LogP contribution in [0.4, 0.5) is 0 Å². The molecule has 1 aliphatic rings. The second-order valence-corrected chi connectivity index (χ2v) is 13.4. The van der Waals surface area contributed by atoms with Gasteiger partial charge in [0.25, 0.3) is 0 Å². The zero-order valence-corrected chi connectivity index (χ0v) is 17.0. The summed E-state index contributed by atoms with van der Waals surface area (Å²) in [6.07, 6.45) is 5.07. The second-order valence-electron chi connectivity index (χ2n) is 7.93. The van der Waals surface area contributed by atoms with Gasteiger partial charge in [-0.2, -0.15) is 0 Å². The lowest BCUT2D eigenvalue weighted by molar-refractivity contribution is 0.00814. The summed E-state index contributed by atoms with van der Waals surface area (Å²) >= 11 is 0. The van der Waals surface area contributed by atoms with Crippen molar-refractivity contribution in [2.24, 2.45) is 0 Å². The number of aliphatic hydroxyl groups is 1. The minimum Gasteiger partial charge on any atom is -0.416 e. The van der Waals surface area contributed by atoms with Crippen LogP contribution in [-0.4, -0.2) is 38.3 Å². The Morgan fingerprint density at radius 3 is 2.22 bits per heavy atom. The van der Waals surface area contributed by atoms with Gasteiger partial charge in [-0.05, 0) is 35.9 Å². The van der Waals surface area contributed by atoms with E-state index in [9.17, 15) is 5.11 Å². The molecule has 0 unspecified atom stereocenters. The molecule has 0 aromatic heterocycles. The molecule has 0 aromatic carbocycles. The highest BCUT2D eigenvalue weighted by molar-refractivity contribution is 6.77. The number of rotatable bonds is 10. The van der Waals surface area contributed by atoms with Gasteiger partial charge in [0.05, 0.1) is 18.3 Å². The number of aliphatic hydroxyl groups excluding tert-OH is 1. The summed E-state index contributed by atoms with van der Waals surface area (Å²) < 4.78 is 12.5. The number of hydrogen-bond acceptors (Lipinski definition) is 3. The Morgan fingerprint density at radius 1 is 1.17 bits per heavy atom. The fourth-order valence-electron chi connectivity index (χ4n) is 4.44. The molecule has 3 atom stereocenters. The van der Waals surface area contributed by atoms with Gasteiger partial charge in [0, 0.05) is 13.0 Å². The van der Waals surface area contributed by atoms with Crippen molar-refractivity contribution in [2.45, 2.75) is 102 Å². The lowest BCUT2D eigenvalue weighted by atomic mass is 10.1. The monoisotopic (exact) mass is 342 g/mol. The van der Waals surface area contributed by atoms with E-state index in [1.807, 2.05) is 6.08 Å². The standard InChI is InChI=1S/C19H38O3Si/c1-8-10-19-18(20)13-17(22-19)11-9-12-21-23(14(2)3,15(4)5)16(6)7/h8,14-20H,1,9-13H2,2-7H3/t17-,18+,19-/m0/s1. The summed E-state index contributed by atoms with van der Waals surface area (Å²) in [6, 6.07) is 0. The highest BCUT2D eigenvalue weighted by atomic mass is 28.4. The van der Waals surface area contributed by atoms with Gasteiger partial charge < -0.3 is 14.3 Å². The predicted molar refractivity (Wildman–Crippen MR) is 100 cm³/mol. The van der Waals surface area contributed by atoms with E-state index in [4.69, 9.17) is 9.16 Å². The second kappa shape index (κ2) is 9.35. The van der Waals surface area contributed by atoms with Crippen LogP contribution in [0.3, 0.4) is 0 Å². The van der Waals surface area contributed by atoms with Crippen molar-refractivity contribution < 1.29 is 14.3 Å². The summed E-state index contributed by atoms with van der Waals surface area (Å²) in [6.45, 7) is 18.5. The zero-order chi connectivity index (χ0) is 17.6. The van der Waals surface area contributed by atoms with Crippen LogP contribution in [0.25, 0.3) is 0 Å². The molecule has 1 N–H and O–H groups in total. The van der Waals surface area contributed by atoms with Crippen LogP contribution in [0.2, 0.25) is 16.6 Å². The normalized spacial score (nSPS) is 25.7. The Balaban J connectivity index is 2.45. The van der Waals surface area contributed by atoms with Crippen molar-refractivity contribution in [3.63, 3.8) is 0 Å². The molecular weight excluding hydrogens is 304 g/mol. The molecule has 136 valence electrons. The molecule has 1 fully saturated rings. The lowest BCUT2D eigenvalue weighted by Crippen LogP contribution is -2.48. The Kier molecular flexibility index (Phi) is 8.49. The molecule has 0 radical (unpaired) electrons. The van der Waals surface area contributed by atoms with Gasteiger partial charge in [0.1, 0.15) is 0 Å². The third-order valence-electron chi connectivity index (χ3n) is 5.43. The van der Waals surface area contributed by atoms with Crippen molar-refractivity contribution in [3.8, 4) is 0 Å². The molecule has 3 nitrogen and oxygen atoms in total. The first kappa shape index (κ1) is 20.9. The average molecular weight is 343 g/mol. The van der Waals surface area contributed by atoms with Crippen LogP contribution in [-0.2, 0) is 9.16 Å². The molecule has 0 bridgehead atoms. The molecule has 1 rings (SSSR count). The van der Waals surface area contributed by atoms with E-state index in [1.165, 1.54) is 0 Å². The summed E-state index contributed by atoms with van der Waals surface area (Å²) in [5.74, 6) is 0. The van der Waals surface area contributed by atoms with Gasteiger partial charge in [-0.3, -0.25) is 0 Å². The van der Waals surface area contributed by atoms with Gasteiger partial charge >= 0.3 is 0 Å². The Labute approximate surface area is 144 Å². The molecule has 0 saturated carbocycles. The predicted octanol–water partition coefficient (Wildman–Crippen LogP) is 5.05. The minimum atomic E-state index is -1.75.